The zero-order valence-electron chi connectivity index (χ0n) is 8.43. The predicted octanol–water partition coefficient (Wildman–Crippen LogP) is 3.32. The summed E-state index contributed by atoms with van der Waals surface area (Å²) in [5.74, 6) is 0.682. The van der Waals surface area contributed by atoms with Crippen molar-refractivity contribution in [2.24, 2.45) is 0 Å². The van der Waals surface area contributed by atoms with E-state index in [-0.39, 0.29) is 0 Å². The largest absolute Gasteiger partial charge is 0.494 e. The molecule has 88 valence electrons. The first-order valence-electron chi connectivity index (χ1n) is 4.43. The Hall–Kier alpha value is -0.790. The van der Waals surface area contributed by atoms with Gasteiger partial charge in [-0.05, 0) is 31.2 Å². The smallest absolute Gasteiger partial charge is 0.369 e. The lowest BCUT2D eigenvalue weighted by Crippen LogP contribution is -2.31. The highest BCUT2D eigenvalue weighted by Crippen LogP contribution is 2.21. The van der Waals surface area contributed by atoms with Gasteiger partial charge in [-0.2, -0.15) is 8.02 Å². The zero-order chi connectivity index (χ0) is 12.1. The highest BCUT2D eigenvalue weighted by atomic mass is 79.9. The van der Waals surface area contributed by atoms with Crippen LogP contribution in [0.3, 0.4) is 0 Å². The third-order valence-corrected chi connectivity index (χ3v) is 2.32. The van der Waals surface area contributed by atoms with Crippen molar-refractivity contribution in [3.63, 3.8) is 0 Å². The van der Waals surface area contributed by atoms with Crippen LogP contribution in [0.4, 0.5) is 10.5 Å². The Bertz CT molecular complexity index is 356. The normalized spacial score (nSPS) is 9.75. The minimum atomic E-state index is -0.663. The fourth-order valence-electron chi connectivity index (χ4n) is 1.03. The van der Waals surface area contributed by atoms with Gasteiger partial charge in [0.05, 0.1) is 44.6 Å². The lowest BCUT2D eigenvalue weighted by Gasteiger charge is -2.16. The molecule has 0 heterocycles. The number of rotatable bonds is 3. The number of carbonyl (C=O) groups is 1. The summed E-state index contributed by atoms with van der Waals surface area (Å²) >= 11 is 5.70. The Balaban J connectivity index is 2.77. The van der Waals surface area contributed by atoms with Gasteiger partial charge in [0, 0.05) is 0 Å². The number of anilines is 1. The molecule has 16 heavy (non-hydrogen) atoms. The van der Waals surface area contributed by atoms with Crippen molar-refractivity contribution in [2.75, 3.05) is 11.7 Å². The summed E-state index contributed by atoms with van der Waals surface area (Å²) in [6.45, 7) is 2.45. The van der Waals surface area contributed by atoms with E-state index in [9.17, 15) is 10.0 Å². The summed E-state index contributed by atoms with van der Waals surface area (Å²) in [4.78, 5) is 11.3. The molecule has 0 radical (unpaired) electrons. The molecule has 0 spiro atoms. The first-order valence-corrected chi connectivity index (χ1v) is 5.85. The van der Waals surface area contributed by atoms with Crippen LogP contribution in [0.25, 0.3) is 0 Å². The van der Waals surface area contributed by atoms with Crippen molar-refractivity contribution in [3.05, 3.63) is 24.3 Å². The highest BCUT2D eigenvalue weighted by molar-refractivity contribution is 9.21. The van der Waals surface area contributed by atoms with Crippen LogP contribution in [0.2, 0.25) is 0 Å². The summed E-state index contributed by atoms with van der Waals surface area (Å²) in [5.41, 5.74) is 0.345. The number of hydroxylamine groups is 1. The number of amides is 2. The molecular formula is C9H10Br2N2O3. The van der Waals surface area contributed by atoms with E-state index in [1.807, 2.05) is 6.92 Å². The van der Waals surface area contributed by atoms with Gasteiger partial charge in [-0.15, -0.1) is 0 Å². The van der Waals surface area contributed by atoms with Crippen molar-refractivity contribution >= 4 is 44.0 Å². The molecule has 0 aliphatic carbocycles. The molecule has 7 heteroatoms. The predicted molar refractivity (Wildman–Crippen MR) is 67.0 cm³/mol. The van der Waals surface area contributed by atoms with E-state index in [4.69, 9.17) is 4.74 Å². The van der Waals surface area contributed by atoms with Crippen LogP contribution in [0, 0.1) is 0 Å². The van der Waals surface area contributed by atoms with Crippen molar-refractivity contribution < 1.29 is 14.7 Å². The number of urea groups is 1. The third kappa shape index (κ3) is 3.36. The molecular weight excluding hydrogens is 344 g/mol. The molecule has 0 aromatic heterocycles. The summed E-state index contributed by atoms with van der Waals surface area (Å²) in [6.07, 6.45) is 0. The van der Waals surface area contributed by atoms with Gasteiger partial charge in [-0.3, -0.25) is 5.21 Å². The second kappa shape index (κ2) is 6.07. The van der Waals surface area contributed by atoms with Gasteiger partial charge in [0.25, 0.3) is 0 Å². The maximum Gasteiger partial charge on any atom is 0.369 e. The van der Waals surface area contributed by atoms with Gasteiger partial charge in [0.1, 0.15) is 5.75 Å². The minimum absolute atomic E-state index is 0.345. The number of nitrogens with zero attached hydrogens (tertiary/aromatic N) is 2. The summed E-state index contributed by atoms with van der Waals surface area (Å²) in [6, 6.07) is 5.83. The van der Waals surface area contributed by atoms with E-state index in [2.05, 4.69) is 32.3 Å². The summed E-state index contributed by atoms with van der Waals surface area (Å²) < 4.78 is 6.15. The maximum absolute atomic E-state index is 11.3. The average molecular weight is 354 g/mol. The molecule has 0 unspecified atom stereocenters. The third-order valence-electron chi connectivity index (χ3n) is 1.72. The number of hydrogen-bond donors (Lipinski definition) is 1. The van der Waals surface area contributed by atoms with Crippen molar-refractivity contribution in [1.29, 1.82) is 0 Å². The van der Waals surface area contributed by atoms with E-state index >= 15 is 0 Å². The molecule has 0 aliphatic rings. The molecule has 0 atom stereocenters. The van der Waals surface area contributed by atoms with Crippen LogP contribution in [0.5, 0.6) is 5.75 Å². The standard InChI is InChI=1S/C9H10Br2N2O3/c1-2-16-8-5-3-7(4-6-8)12(15)9(14)13(10)11/h3-6,15H,2H2,1H3. The van der Waals surface area contributed by atoms with E-state index < -0.39 is 6.03 Å². The van der Waals surface area contributed by atoms with Gasteiger partial charge in [-0.1, -0.05) is 0 Å². The first kappa shape index (κ1) is 13.3. The van der Waals surface area contributed by atoms with E-state index in [0.717, 1.165) is 2.95 Å². The molecule has 5 nitrogen and oxygen atoms in total. The van der Waals surface area contributed by atoms with Crippen LogP contribution in [-0.4, -0.2) is 20.8 Å². The maximum atomic E-state index is 11.3. The second-order valence-corrected chi connectivity index (χ2v) is 5.12. The molecule has 1 rings (SSSR count). The molecule has 1 aromatic rings. The lowest BCUT2D eigenvalue weighted by atomic mass is 10.3. The quantitative estimate of drug-likeness (QED) is 0.515. The number of carbonyl (C=O) groups excluding carboxylic acids is 1. The number of ether oxygens (including phenoxy) is 1. The Morgan fingerprint density at radius 2 is 1.94 bits per heavy atom. The topological polar surface area (TPSA) is 53.0 Å². The average Bonchev–Trinajstić information content (AvgIpc) is 2.28. The van der Waals surface area contributed by atoms with Gasteiger partial charge in [0.2, 0.25) is 0 Å². The fraction of sp³-hybridized carbons (Fsp3) is 0.222. The van der Waals surface area contributed by atoms with Gasteiger partial charge < -0.3 is 4.74 Å². The SMILES string of the molecule is CCOc1ccc(N(O)C(=O)N(Br)Br)cc1. The fourth-order valence-corrected chi connectivity index (χ4v) is 1.33. The van der Waals surface area contributed by atoms with Gasteiger partial charge in [0.15, 0.2) is 0 Å². The Labute approximate surface area is 110 Å². The van der Waals surface area contributed by atoms with E-state index in [1.165, 1.54) is 0 Å². The zero-order valence-corrected chi connectivity index (χ0v) is 11.6. The Kier molecular flexibility index (Phi) is 5.04. The summed E-state index contributed by atoms with van der Waals surface area (Å²) in [5, 5.41) is 10.0. The molecule has 0 saturated carbocycles. The van der Waals surface area contributed by atoms with Crippen molar-refractivity contribution in [3.8, 4) is 5.75 Å². The minimum Gasteiger partial charge on any atom is -0.494 e. The molecule has 0 saturated heterocycles. The van der Waals surface area contributed by atoms with Crippen LogP contribution >= 0.6 is 32.3 Å². The monoisotopic (exact) mass is 352 g/mol. The van der Waals surface area contributed by atoms with E-state index in [1.54, 1.807) is 24.3 Å². The van der Waals surface area contributed by atoms with Crippen LogP contribution < -0.4 is 9.80 Å². The van der Waals surface area contributed by atoms with Gasteiger partial charge in [-0.25, -0.2) is 4.79 Å². The Morgan fingerprint density at radius 1 is 1.38 bits per heavy atom. The lowest BCUT2D eigenvalue weighted by molar-refractivity contribution is 0.203. The molecule has 1 N–H and O–H groups in total. The van der Waals surface area contributed by atoms with Crippen LogP contribution in [0.1, 0.15) is 6.92 Å². The number of hydrogen-bond acceptors (Lipinski definition) is 3. The van der Waals surface area contributed by atoms with Crippen LogP contribution in [0.15, 0.2) is 24.3 Å². The van der Waals surface area contributed by atoms with Crippen molar-refractivity contribution in [2.45, 2.75) is 6.92 Å². The molecule has 0 aliphatic heterocycles. The Morgan fingerprint density at radius 3 is 2.38 bits per heavy atom. The summed E-state index contributed by atoms with van der Waals surface area (Å²) in [7, 11) is 0. The first-order chi connectivity index (χ1) is 7.56. The second-order valence-electron chi connectivity index (χ2n) is 2.75. The van der Waals surface area contributed by atoms with Gasteiger partial charge >= 0.3 is 6.03 Å². The van der Waals surface area contributed by atoms with Crippen molar-refractivity contribution in [1.82, 2.24) is 2.95 Å². The number of halogens is 2. The van der Waals surface area contributed by atoms with Crippen LogP contribution in [-0.2, 0) is 0 Å². The molecule has 1 aromatic carbocycles. The number of benzene rings is 1. The molecule has 0 fully saturated rings. The highest BCUT2D eigenvalue weighted by Gasteiger charge is 2.17. The molecule has 0 bridgehead atoms. The molecule has 2 amide bonds. The van der Waals surface area contributed by atoms with E-state index in [0.29, 0.717) is 23.1 Å².